The Bertz CT molecular complexity index is 494. The number of nitro groups is 1. The summed E-state index contributed by atoms with van der Waals surface area (Å²) in [6.45, 7) is 2.06. The Kier molecular flexibility index (Phi) is 4.39. The van der Waals surface area contributed by atoms with Crippen LogP contribution in [0.2, 0.25) is 0 Å². The predicted molar refractivity (Wildman–Crippen MR) is 79.4 cm³/mol. The third-order valence-corrected chi connectivity index (χ3v) is 3.77. The molecule has 1 atom stereocenters. The van der Waals surface area contributed by atoms with E-state index in [1.165, 1.54) is 12.1 Å². The maximum atomic E-state index is 11.0. The number of hydrogen-bond acceptors (Lipinski definition) is 6. The van der Waals surface area contributed by atoms with Crippen molar-refractivity contribution in [1.29, 1.82) is 0 Å². The fourth-order valence-corrected chi connectivity index (χ4v) is 2.56. The molecular formula is C13H21N5O2. The molecule has 0 radical (unpaired) electrons. The van der Waals surface area contributed by atoms with Crippen LogP contribution >= 0.6 is 0 Å². The van der Waals surface area contributed by atoms with Crippen molar-refractivity contribution in [3.05, 3.63) is 22.2 Å². The fraction of sp³-hybridized carbons (Fsp3) is 0.615. The first kappa shape index (κ1) is 14.5. The number of hydrogen-bond donors (Lipinski definition) is 1. The van der Waals surface area contributed by atoms with Crippen LogP contribution in [-0.4, -0.2) is 55.1 Å². The molecule has 0 aromatic carbocycles. The predicted octanol–water partition coefficient (Wildman–Crippen LogP) is 1.56. The van der Waals surface area contributed by atoms with E-state index in [0.717, 1.165) is 25.9 Å². The third kappa shape index (κ3) is 3.16. The highest BCUT2D eigenvalue weighted by Gasteiger charge is 2.23. The van der Waals surface area contributed by atoms with Crippen molar-refractivity contribution < 1.29 is 4.92 Å². The Hall–Kier alpha value is -1.89. The standard InChI is InChI=1S/C13H21N5O2/c1-14-12-7-11(18(19)20)8-13(15-12)17(3)10-5-4-6-16(2)9-10/h7-8,10H,4-6,9H2,1-3H3,(H,14,15). The largest absolute Gasteiger partial charge is 0.373 e. The number of nitrogens with one attached hydrogen (secondary N) is 1. The lowest BCUT2D eigenvalue weighted by molar-refractivity contribution is -0.384. The zero-order valence-electron chi connectivity index (χ0n) is 12.2. The molecule has 1 aromatic rings. The van der Waals surface area contributed by atoms with Crippen molar-refractivity contribution in [3.63, 3.8) is 0 Å². The van der Waals surface area contributed by atoms with Gasteiger partial charge in [0.2, 0.25) is 0 Å². The van der Waals surface area contributed by atoms with E-state index >= 15 is 0 Å². The highest BCUT2D eigenvalue weighted by Crippen LogP contribution is 2.25. The van der Waals surface area contributed by atoms with Gasteiger partial charge in [0.05, 0.1) is 17.1 Å². The zero-order chi connectivity index (χ0) is 14.7. The third-order valence-electron chi connectivity index (χ3n) is 3.77. The van der Waals surface area contributed by atoms with Crippen LogP contribution in [0.5, 0.6) is 0 Å². The molecule has 1 unspecified atom stereocenters. The second kappa shape index (κ2) is 6.04. The summed E-state index contributed by atoms with van der Waals surface area (Å²) in [5, 5.41) is 13.9. The topological polar surface area (TPSA) is 74.5 Å². The molecule has 1 aliphatic heterocycles. The lowest BCUT2D eigenvalue weighted by atomic mass is 10.1. The Morgan fingerprint density at radius 3 is 2.90 bits per heavy atom. The molecule has 0 bridgehead atoms. The Morgan fingerprint density at radius 1 is 1.55 bits per heavy atom. The van der Waals surface area contributed by atoms with Crippen LogP contribution in [0.25, 0.3) is 0 Å². The number of piperidine rings is 1. The van der Waals surface area contributed by atoms with E-state index in [4.69, 9.17) is 0 Å². The monoisotopic (exact) mass is 279 g/mol. The lowest BCUT2D eigenvalue weighted by Gasteiger charge is -2.36. The first-order chi connectivity index (χ1) is 9.51. The van der Waals surface area contributed by atoms with Crippen LogP contribution in [0.4, 0.5) is 17.3 Å². The van der Waals surface area contributed by atoms with Crippen molar-refractivity contribution in [3.8, 4) is 0 Å². The Balaban J connectivity index is 2.26. The van der Waals surface area contributed by atoms with Gasteiger partial charge in [0.15, 0.2) is 0 Å². The molecule has 1 fully saturated rings. The van der Waals surface area contributed by atoms with E-state index in [1.54, 1.807) is 7.05 Å². The number of likely N-dealkylation sites (N-methyl/N-ethyl adjacent to an activating group) is 2. The average Bonchev–Trinajstić information content (AvgIpc) is 2.45. The number of nitrogens with zero attached hydrogens (tertiary/aromatic N) is 4. The molecule has 2 rings (SSSR count). The molecule has 110 valence electrons. The van der Waals surface area contributed by atoms with E-state index in [2.05, 4.69) is 22.2 Å². The molecule has 0 spiro atoms. The molecular weight excluding hydrogens is 258 g/mol. The van der Waals surface area contributed by atoms with E-state index in [0.29, 0.717) is 17.7 Å². The molecule has 7 nitrogen and oxygen atoms in total. The van der Waals surface area contributed by atoms with Gasteiger partial charge in [-0.3, -0.25) is 10.1 Å². The van der Waals surface area contributed by atoms with Crippen LogP contribution in [0.15, 0.2) is 12.1 Å². The van der Waals surface area contributed by atoms with Gasteiger partial charge in [-0.2, -0.15) is 0 Å². The minimum Gasteiger partial charge on any atom is -0.373 e. The van der Waals surface area contributed by atoms with Gasteiger partial charge < -0.3 is 15.1 Å². The smallest absolute Gasteiger partial charge is 0.276 e. The summed E-state index contributed by atoms with van der Waals surface area (Å²) in [5.74, 6) is 1.16. The second-order valence-corrected chi connectivity index (χ2v) is 5.25. The first-order valence-electron chi connectivity index (χ1n) is 6.77. The summed E-state index contributed by atoms with van der Waals surface area (Å²) >= 11 is 0. The summed E-state index contributed by atoms with van der Waals surface area (Å²) in [6, 6.07) is 3.33. The van der Waals surface area contributed by atoms with Gasteiger partial charge in [0, 0.05) is 26.7 Å². The van der Waals surface area contributed by atoms with Crippen molar-refractivity contribution in [1.82, 2.24) is 9.88 Å². The highest BCUT2D eigenvalue weighted by atomic mass is 16.6. The number of rotatable bonds is 4. The molecule has 20 heavy (non-hydrogen) atoms. The van der Waals surface area contributed by atoms with Crippen molar-refractivity contribution >= 4 is 17.3 Å². The quantitative estimate of drug-likeness (QED) is 0.666. The highest BCUT2D eigenvalue weighted by molar-refractivity contribution is 5.55. The van der Waals surface area contributed by atoms with E-state index in [1.807, 2.05) is 11.9 Å². The summed E-state index contributed by atoms with van der Waals surface area (Å²) in [5.41, 5.74) is 0.0652. The molecule has 0 aliphatic carbocycles. The second-order valence-electron chi connectivity index (χ2n) is 5.25. The zero-order valence-corrected chi connectivity index (χ0v) is 12.2. The SMILES string of the molecule is CNc1cc([N+](=O)[O-])cc(N(C)C2CCCN(C)C2)n1. The summed E-state index contributed by atoms with van der Waals surface area (Å²) in [7, 11) is 5.76. The number of anilines is 2. The van der Waals surface area contributed by atoms with Gasteiger partial charge in [-0.15, -0.1) is 0 Å². The lowest BCUT2D eigenvalue weighted by Crippen LogP contribution is -2.45. The minimum atomic E-state index is -0.382. The van der Waals surface area contributed by atoms with Gasteiger partial charge in [-0.05, 0) is 26.4 Å². The van der Waals surface area contributed by atoms with Gasteiger partial charge in [-0.25, -0.2) is 4.98 Å². The van der Waals surface area contributed by atoms with Gasteiger partial charge in [0.25, 0.3) is 5.69 Å². The van der Waals surface area contributed by atoms with Crippen molar-refractivity contribution in [2.75, 3.05) is 44.4 Å². The van der Waals surface area contributed by atoms with Crippen LogP contribution in [0.3, 0.4) is 0 Å². The van der Waals surface area contributed by atoms with E-state index < -0.39 is 0 Å². The molecule has 1 aromatic heterocycles. The molecule has 0 amide bonds. The maximum Gasteiger partial charge on any atom is 0.276 e. The average molecular weight is 279 g/mol. The normalized spacial score (nSPS) is 19.6. The fourth-order valence-electron chi connectivity index (χ4n) is 2.56. The van der Waals surface area contributed by atoms with Crippen LogP contribution in [0, 0.1) is 10.1 Å². The summed E-state index contributed by atoms with van der Waals surface area (Å²) < 4.78 is 0. The maximum absolute atomic E-state index is 11.0. The van der Waals surface area contributed by atoms with Crippen LogP contribution in [0.1, 0.15) is 12.8 Å². The molecule has 2 heterocycles. The van der Waals surface area contributed by atoms with Crippen LogP contribution in [-0.2, 0) is 0 Å². The van der Waals surface area contributed by atoms with Gasteiger partial charge in [0.1, 0.15) is 11.6 Å². The van der Waals surface area contributed by atoms with E-state index in [-0.39, 0.29) is 10.6 Å². The molecule has 0 saturated carbocycles. The number of aromatic nitrogens is 1. The van der Waals surface area contributed by atoms with Crippen molar-refractivity contribution in [2.45, 2.75) is 18.9 Å². The first-order valence-corrected chi connectivity index (χ1v) is 6.77. The Labute approximate surface area is 118 Å². The summed E-state index contributed by atoms with van der Waals surface area (Å²) in [6.07, 6.45) is 2.22. The van der Waals surface area contributed by atoms with Gasteiger partial charge >= 0.3 is 0 Å². The molecule has 1 aliphatic rings. The molecule has 7 heteroatoms. The van der Waals surface area contributed by atoms with Crippen LogP contribution < -0.4 is 10.2 Å². The molecule has 1 saturated heterocycles. The minimum absolute atomic E-state index is 0.0652. The summed E-state index contributed by atoms with van der Waals surface area (Å²) in [4.78, 5) is 19.4. The van der Waals surface area contributed by atoms with E-state index in [9.17, 15) is 10.1 Å². The number of likely N-dealkylation sites (tertiary alicyclic amines) is 1. The molecule has 1 N–H and O–H groups in total. The van der Waals surface area contributed by atoms with Crippen molar-refractivity contribution in [2.24, 2.45) is 0 Å². The van der Waals surface area contributed by atoms with Gasteiger partial charge in [-0.1, -0.05) is 0 Å². The number of pyridine rings is 1. The Morgan fingerprint density at radius 2 is 2.30 bits per heavy atom.